The summed E-state index contributed by atoms with van der Waals surface area (Å²) in [5.41, 5.74) is 3.07. The minimum Gasteiger partial charge on any atom is -0.504 e. The van der Waals surface area contributed by atoms with Gasteiger partial charge in [0.15, 0.2) is 11.5 Å². The summed E-state index contributed by atoms with van der Waals surface area (Å²) in [6.45, 7) is 6.99. The Hall–Kier alpha value is -2.04. The van der Waals surface area contributed by atoms with Crippen molar-refractivity contribution in [1.29, 1.82) is 0 Å². The molecule has 2 aromatic rings. The predicted octanol–water partition coefficient (Wildman–Crippen LogP) is 3.29. The van der Waals surface area contributed by atoms with Gasteiger partial charge in [-0.25, -0.2) is 0 Å². The van der Waals surface area contributed by atoms with Crippen LogP contribution in [0.4, 0.5) is 0 Å². The van der Waals surface area contributed by atoms with Gasteiger partial charge in [-0.3, -0.25) is 4.90 Å². The van der Waals surface area contributed by atoms with E-state index in [4.69, 9.17) is 9.47 Å². The first-order valence-electron chi connectivity index (χ1n) is 8.12. The van der Waals surface area contributed by atoms with Crippen molar-refractivity contribution >= 4 is 0 Å². The first-order chi connectivity index (χ1) is 11.3. The fraction of sp³-hybridized carbons (Fsp3) is 0.368. The molecule has 2 aromatic carbocycles. The van der Waals surface area contributed by atoms with Gasteiger partial charge >= 0.3 is 0 Å². The minimum atomic E-state index is 0.204. The van der Waals surface area contributed by atoms with Crippen LogP contribution in [-0.4, -0.2) is 42.9 Å². The third-order valence-corrected chi connectivity index (χ3v) is 4.07. The van der Waals surface area contributed by atoms with Crippen LogP contribution >= 0.6 is 0 Å². The molecule has 23 heavy (non-hydrogen) atoms. The Labute approximate surface area is 137 Å². The second kappa shape index (κ2) is 7.49. The van der Waals surface area contributed by atoms with Crippen LogP contribution in [0.15, 0.2) is 42.5 Å². The van der Waals surface area contributed by atoms with Crippen molar-refractivity contribution in [3.05, 3.63) is 48.0 Å². The van der Waals surface area contributed by atoms with E-state index < -0.39 is 0 Å². The minimum absolute atomic E-state index is 0.204. The summed E-state index contributed by atoms with van der Waals surface area (Å²) in [4.78, 5) is 2.39. The number of morpholine rings is 1. The molecule has 1 aliphatic heterocycles. The first kappa shape index (κ1) is 15.8. The van der Waals surface area contributed by atoms with Crippen LogP contribution in [0.25, 0.3) is 11.1 Å². The maximum atomic E-state index is 10.4. The van der Waals surface area contributed by atoms with E-state index in [2.05, 4.69) is 29.2 Å². The molecular formula is C19H23NO3. The Morgan fingerprint density at radius 2 is 1.83 bits per heavy atom. The van der Waals surface area contributed by atoms with Gasteiger partial charge in [-0.2, -0.15) is 0 Å². The molecule has 0 unspecified atom stereocenters. The smallest absolute Gasteiger partial charge is 0.165 e. The van der Waals surface area contributed by atoms with Crippen LogP contribution in [0.1, 0.15) is 12.5 Å². The quantitative estimate of drug-likeness (QED) is 0.920. The monoisotopic (exact) mass is 313 g/mol. The van der Waals surface area contributed by atoms with E-state index in [0.717, 1.165) is 44.0 Å². The second-order valence-electron chi connectivity index (χ2n) is 5.67. The average Bonchev–Trinajstić information content (AvgIpc) is 2.59. The molecule has 0 bridgehead atoms. The summed E-state index contributed by atoms with van der Waals surface area (Å²) in [7, 11) is 0. The molecule has 122 valence electrons. The summed E-state index contributed by atoms with van der Waals surface area (Å²) in [5, 5.41) is 10.4. The lowest BCUT2D eigenvalue weighted by Crippen LogP contribution is -2.35. The largest absolute Gasteiger partial charge is 0.504 e. The SMILES string of the molecule is CCOc1cccc(-c2ccc(CN3CCOCC3)cc2)c1O. The zero-order valence-corrected chi connectivity index (χ0v) is 13.5. The number of hydrogen-bond donors (Lipinski definition) is 1. The van der Waals surface area contributed by atoms with E-state index in [1.807, 2.05) is 19.1 Å². The van der Waals surface area contributed by atoms with Crippen molar-refractivity contribution < 1.29 is 14.6 Å². The van der Waals surface area contributed by atoms with Gasteiger partial charge in [-0.05, 0) is 24.1 Å². The number of para-hydroxylation sites is 1. The second-order valence-corrected chi connectivity index (χ2v) is 5.67. The molecule has 0 aromatic heterocycles. The lowest BCUT2D eigenvalue weighted by atomic mass is 10.0. The highest BCUT2D eigenvalue weighted by molar-refractivity contribution is 5.73. The summed E-state index contributed by atoms with van der Waals surface area (Å²) in [6, 6.07) is 14.0. The van der Waals surface area contributed by atoms with Crippen molar-refractivity contribution in [3.8, 4) is 22.6 Å². The lowest BCUT2D eigenvalue weighted by molar-refractivity contribution is 0.0342. The van der Waals surface area contributed by atoms with Crippen molar-refractivity contribution in [2.75, 3.05) is 32.9 Å². The maximum Gasteiger partial charge on any atom is 0.165 e. The summed E-state index contributed by atoms with van der Waals surface area (Å²) < 4.78 is 10.8. The molecule has 0 radical (unpaired) electrons. The zero-order chi connectivity index (χ0) is 16.1. The van der Waals surface area contributed by atoms with Crippen molar-refractivity contribution in [2.24, 2.45) is 0 Å². The Bertz CT molecular complexity index is 634. The molecule has 1 saturated heterocycles. The van der Waals surface area contributed by atoms with Gasteiger partial charge in [-0.15, -0.1) is 0 Å². The number of phenols is 1. The number of aromatic hydroxyl groups is 1. The third-order valence-electron chi connectivity index (χ3n) is 4.07. The normalized spacial score (nSPS) is 15.5. The topological polar surface area (TPSA) is 41.9 Å². The van der Waals surface area contributed by atoms with Crippen LogP contribution in [0, 0.1) is 0 Å². The molecule has 3 rings (SSSR count). The summed E-state index contributed by atoms with van der Waals surface area (Å²) in [6.07, 6.45) is 0. The van der Waals surface area contributed by atoms with Gasteiger partial charge in [0.05, 0.1) is 19.8 Å². The van der Waals surface area contributed by atoms with Gasteiger partial charge in [0, 0.05) is 25.2 Å². The van der Waals surface area contributed by atoms with Crippen LogP contribution in [0.5, 0.6) is 11.5 Å². The fourth-order valence-electron chi connectivity index (χ4n) is 2.83. The Kier molecular flexibility index (Phi) is 5.16. The van der Waals surface area contributed by atoms with Gasteiger partial charge in [0.1, 0.15) is 0 Å². The van der Waals surface area contributed by atoms with Crippen LogP contribution in [-0.2, 0) is 11.3 Å². The van der Waals surface area contributed by atoms with Gasteiger partial charge in [-0.1, -0.05) is 36.4 Å². The van der Waals surface area contributed by atoms with Crippen molar-refractivity contribution in [1.82, 2.24) is 4.90 Å². The highest BCUT2D eigenvalue weighted by Crippen LogP contribution is 2.37. The van der Waals surface area contributed by atoms with Crippen molar-refractivity contribution in [2.45, 2.75) is 13.5 Å². The number of phenolic OH excluding ortho intramolecular Hbond substituents is 1. The Balaban J connectivity index is 1.75. The van der Waals surface area contributed by atoms with E-state index in [9.17, 15) is 5.11 Å². The van der Waals surface area contributed by atoms with Crippen molar-refractivity contribution in [3.63, 3.8) is 0 Å². The average molecular weight is 313 g/mol. The third kappa shape index (κ3) is 3.84. The van der Waals surface area contributed by atoms with Gasteiger partial charge < -0.3 is 14.6 Å². The summed E-state index contributed by atoms with van der Waals surface area (Å²) in [5.74, 6) is 0.734. The predicted molar refractivity (Wildman–Crippen MR) is 90.8 cm³/mol. The molecule has 1 aliphatic rings. The standard InChI is InChI=1S/C19H23NO3/c1-2-23-18-5-3-4-17(19(18)21)16-8-6-15(7-9-16)14-20-10-12-22-13-11-20/h3-9,21H,2,10-14H2,1H3. The van der Waals surface area contributed by atoms with E-state index in [1.165, 1.54) is 5.56 Å². The number of hydrogen-bond acceptors (Lipinski definition) is 4. The van der Waals surface area contributed by atoms with E-state index in [1.54, 1.807) is 6.07 Å². The molecule has 1 fully saturated rings. The Morgan fingerprint density at radius 3 is 2.52 bits per heavy atom. The van der Waals surface area contributed by atoms with Crippen LogP contribution in [0.3, 0.4) is 0 Å². The molecule has 0 spiro atoms. The Morgan fingerprint density at radius 1 is 1.09 bits per heavy atom. The molecule has 0 amide bonds. The first-order valence-corrected chi connectivity index (χ1v) is 8.12. The highest BCUT2D eigenvalue weighted by atomic mass is 16.5. The van der Waals surface area contributed by atoms with E-state index in [0.29, 0.717) is 12.4 Å². The van der Waals surface area contributed by atoms with Crippen LogP contribution in [0.2, 0.25) is 0 Å². The number of ether oxygens (including phenoxy) is 2. The van der Waals surface area contributed by atoms with E-state index >= 15 is 0 Å². The molecule has 0 atom stereocenters. The van der Waals surface area contributed by atoms with Gasteiger partial charge in [0.25, 0.3) is 0 Å². The molecule has 0 saturated carbocycles. The summed E-state index contributed by atoms with van der Waals surface area (Å²) >= 11 is 0. The molecule has 1 heterocycles. The maximum absolute atomic E-state index is 10.4. The highest BCUT2D eigenvalue weighted by Gasteiger charge is 2.12. The molecular weight excluding hydrogens is 290 g/mol. The zero-order valence-electron chi connectivity index (χ0n) is 13.5. The molecule has 4 heteroatoms. The molecule has 0 aliphatic carbocycles. The number of nitrogens with zero attached hydrogens (tertiary/aromatic N) is 1. The van der Waals surface area contributed by atoms with E-state index in [-0.39, 0.29) is 5.75 Å². The van der Waals surface area contributed by atoms with Gasteiger partial charge in [0.2, 0.25) is 0 Å². The number of benzene rings is 2. The van der Waals surface area contributed by atoms with Crippen LogP contribution < -0.4 is 4.74 Å². The molecule has 1 N–H and O–H groups in total. The lowest BCUT2D eigenvalue weighted by Gasteiger charge is -2.26. The number of rotatable bonds is 5. The molecule has 4 nitrogen and oxygen atoms in total. The fourth-order valence-corrected chi connectivity index (χ4v) is 2.83.